The van der Waals surface area contributed by atoms with Crippen molar-refractivity contribution in [3.63, 3.8) is 0 Å². The third-order valence-electron chi connectivity index (χ3n) is 6.89. The minimum absolute atomic E-state index is 0.134. The average Bonchev–Trinajstić information content (AvgIpc) is 2.96. The Morgan fingerprint density at radius 1 is 0.909 bits per heavy atom. The van der Waals surface area contributed by atoms with Crippen molar-refractivity contribution < 1.29 is 31.2 Å². The van der Waals surface area contributed by atoms with Gasteiger partial charge in [-0.25, -0.2) is 8.42 Å². The molecule has 0 aliphatic rings. The molecule has 0 radical (unpaired) electrons. The molecule has 0 spiro atoms. The van der Waals surface area contributed by atoms with E-state index in [4.69, 9.17) is 34.8 Å². The number of amides is 2. The van der Waals surface area contributed by atoms with Crippen LogP contribution in [0.25, 0.3) is 0 Å². The highest BCUT2D eigenvalue weighted by Gasteiger charge is 2.37. The van der Waals surface area contributed by atoms with E-state index in [0.717, 1.165) is 11.0 Å². The standard InChI is InChI=1S/C30H31Cl3F3N3O4S/c1-4-19(3)37-29(41)26(5-2)38(17-20-11-13-22(31)16-25(20)33)28(40)18-39(44(42,43)23-9-7-6-8-10-23)27-15-21(30(34,35)36)12-14-24(27)32/h6-16,19,26H,4-5,17-18H2,1-3H3,(H,37,41)/t19-,26+/m0/s1. The van der Waals surface area contributed by atoms with Gasteiger partial charge in [-0.3, -0.25) is 13.9 Å². The average molecular weight is 693 g/mol. The molecule has 0 aromatic heterocycles. The van der Waals surface area contributed by atoms with E-state index >= 15 is 0 Å². The Morgan fingerprint density at radius 2 is 1.57 bits per heavy atom. The van der Waals surface area contributed by atoms with Crippen molar-refractivity contribution in [3.8, 4) is 0 Å². The van der Waals surface area contributed by atoms with Crippen LogP contribution in [0, 0.1) is 0 Å². The number of alkyl halides is 3. The topological polar surface area (TPSA) is 86.8 Å². The number of carbonyl (C=O) groups excluding carboxylic acids is 2. The molecule has 0 aliphatic heterocycles. The molecule has 1 N–H and O–H groups in total. The van der Waals surface area contributed by atoms with Crippen LogP contribution in [0.3, 0.4) is 0 Å². The first-order chi connectivity index (χ1) is 20.6. The summed E-state index contributed by atoms with van der Waals surface area (Å²) in [5, 5.41) is 3.03. The molecule has 0 bridgehead atoms. The molecule has 0 saturated heterocycles. The largest absolute Gasteiger partial charge is 0.416 e. The molecule has 2 atom stereocenters. The van der Waals surface area contributed by atoms with Crippen LogP contribution in [-0.2, 0) is 32.3 Å². The number of sulfonamides is 1. The van der Waals surface area contributed by atoms with Gasteiger partial charge in [-0.05, 0) is 67.8 Å². The first-order valence-electron chi connectivity index (χ1n) is 13.6. The van der Waals surface area contributed by atoms with E-state index in [1.165, 1.54) is 30.3 Å². The first-order valence-corrected chi connectivity index (χ1v) is 16.2. The second-order valence-corrected chi connectivity index (χ2v) is 13.1. The summed E-state index contributed by atoms with van der Waals surface area (Å²) in [6, 6.07) is 12.4. The van der Waals surface area contributed by atoms with Crippen molar-refractivity contribution in [1.29, 1.82) is 0 Å². The number of hydrogen-bond acceptors (Lipinski definition) is 4. The molecule has 0 fully saturated rings. The van der Waals surface area contributed by atoms with Gasteiger partial charge in [0.25, 0.3) is 10.0 Å². The number of nitrogens with zero attached hydrogens (tertiary/aromatic N) is 2. The molecule has 3 rings (SSSR count). The lowest BCUT2D eigenvalue weighted by Gasteiger charge is -2.34. The molecule has 0 unspecified atom stereocenters. The van der Waals surface area contributed by atoms with Crippen LogP contribution in [0.5, 0.6) is 0 Å². The molecule has 3 aromatic carbocycles. The molecule has 7 nitrogen and oxygen atoms in total. The van der Waals surface area contributed by atoms with Crippen LogP contribution in [0.15, 0.2) is 71.6 Å². The summed E-state index contributed by atoms with van der Waals surface area (Å²) in [5.41, 5.74) is -1.31. The van der Waals surface area contributed by atoms with Gasteiger partial charge in [0.05, 0.1) is 21.2 Å². The minimum atomic E-state index is -4.83. The van der Waals surface area contributed by atoms with Gasteiger partial charge in [0.1, 0.15) is 12.6 Å². The highest BCUT2D eigenvalue weighted by molar-refractivity contribution is 7.92. The number of hydrogen-bond donors (Lipinski definition) is 1. The van der Waals surface area contributed by atoms with Crippen LogP contribution in [-0.4, -0.2) is 43.8 Å². The Labute approximate surface area is 269 Å². The van der Waals surface area contributed by atoms with Crippen LogP contribution in [0.2, 0.25) is 15.1 Å². The zero-order valence-corrected chi connectivity index (χ0v) is 27.1. The Hall–Kier alpha value is -2.99. The number of nitrogens with one attached hydrogen (secondary N) is 1. The van der Waals surface area contributed by atoms with E-state index in [1.54, 1.807) is 32.0 Å². The van der Waals surface area contributed by atoms with Crippen molar-refractivity contribution in [2.45, 2.75) is 63.3 Å². The summed E-state index contributed by atoms with van der Waals surface area (Å²) in [4.78, 5) is 28.4. The van der Waals surface area contributed by atoms with Gasteiger partial charge < -0.3 is 10.2 Å². The summed E-state index contributed by atoms with van der Waals surface area (Å²) in [7, 11) is -4.64. The van der Waals surface area contributed by atoms with Crippen LogP contribution >= 0.6 is 34.8 Å². The van der Waals surface area contributed by atoms with Crippen molar-refractivity contribution >= 4 is 62.3 Å². The molecule has 14 heteroatoms. The molecule has 0 heterocycles. The summed E-state index contributed by atoms with van der Waals surface area (Å²) >= 11 is 18.7. The molecular formula is C30H31Cl3F3N3O4S. The summed E-state index contributed by atoms with van der Waals surface area (Å²) in [6.45, 7) is 4.13. The molecule has 0 aliphatic carbocycles. The van der Waals surface area contributed by atoms with E-state index in [-0.39, 0.29) is 33.9 Å². The predicted octanol–water partition coefficient (Wildman–Crippen LogP) is 7.58. The number of rotatable bonds is 12. The maximum Gasteiger partial charge on any atom is 0.416 e. The first kappa shape index (κ1) is 35.5. The molecular weight excluding hydrogens is 662 g/mol. The monoisotopic (exact) mass is 691 g/mol. The van der Waals surface area contributed by atoms with E-state index in [1.807, 2.05) is 6.92 Å². The Morgan fingerprint density at radius 3 is 2.14 bits per heavy atom. The summed E-state index contributed by atoms with van der Waals surface area (Å²) in [6.07, 6.45) is -4.09. The van der Waals surface area contributed by atoms with Crippen LogP contribution in [0.4, 0.5) is 18.9 Å². The van der Waals surface area contributed by atoms with Gasteiger partial charge in [0, 0.05) is 22.6 Å². The van der Waals surface area contributed by atoms with Gasteiger partial charge in [-0.2, -0.15) is 13.2 Å². The molecule has 238 valence electrons. The fourth-order valence-corrected chi connectivity index (χ4v) is 6.49. The molecule has 0 saturated carbocycles. The lowest BCUT2D eigenvalue weighted by molar-refractivity contribution is -0.140. The van der Waals surface area contributed by atoms with E-state index in [2.05, 4.69) is 5.32 Å². The number of halogens is 6. The Kier molecular flexibility index (Phi) is 12.0. The minimum Gasteiger partial charge on any atom is -0.352 e. The Bertz CT molecular complexity index is 1590. The predicted molar refractivity (Wildman–Crippen MR) is 166 cm³/mol. The van der Waals surface area contributed by atoms with Gasteiger partial charge in [0.2, 0.25) is 11.8 Å². The van der Waals surface area contributed by atoms with Gasteiger partial charge in [0.15, 0.2) is 0 Å². The van der Waals surface area contributed by atoms with Crippen LogP contribution in [0.1, 0.15) is 44.7 Å². The third-order valence-corrected chi connectivity index (χ3v) is 9.58. The normalized spacial score (nSPS) is 13.2. The maximum absolute atomic E-state index is 14.1. The quantitative estimate of drug-likeness (QED) is 0.212. The second-order valence-electron chi connectivity index (χ2n) is 9.99. The summed E-state index contributed by atoms with van der Waals surface area (Å²) in [5.74, 6) is -1.37. The van der Waals surface area contributed by atoms with Crippen molar-refractivity contribution in [1.82, 2.24) is 10.2 Å². The van der Waals surface area contributed by atoms with E-state index in [0.29, 0.717) is 33.4 Å². The SMILES string of the molecule is CC[C@H](C(=O)N[C@@H](C)CC)N(Cc1ccc(Cl)cc1Cl)C(=O)CN(c1cc(C(F)(F)F)ccc1Cl)S(=O)(=O)c1ccccc1. The van der Waals surface area contributed by atoms with E-state index in [9.17, 15) is 31.2 Å². The van der Waals surface area contributed by atoms with E-state index < -0.39 is 51.9 Å². The molecule has 3 aromatic rings. The van der Waals surface area contributed by atoms with Crippen molar-refractivity contribution in [3.05, 3.63) is 92.9 Å². The van der Waals surface area contributed by atoms with Crippen molar-refractivity contribution in [2.75, 3.05) is 10.8 Å². The fraction of sp³-hybridized carbons (Fsp3) is 0.333. The molecule has 2 amide bonds. The zero-order valence-electron chi connectivity index (χ0n) is 24.0. The highest BCUT2D eigenvalue weighted by Crippen LogP contribution is 2.37. The maximum atomic E-state index is 14.1. The van der Waals surface area contributed by atoms with Gasteiger partial charge in [-0.1, -0.05) is 72.9 Å². The third kappa shape index (κ3) is 8.59. The molecule has 44 heavy (non-hydrogen) atoms. The highest BCUT2D eigenvalue weighted by atomic mass is 35.5. The van der Waals surface area contributed by atoms with Crippen molar-refractivity contribution in [2.24, 2.45) is 0 Å². The lowest BCUT2D eigenvalue weighted by atomic mass is 10.1. The number of benzene rings is 3. The zero-order chi connectivity index (χ0) is 32.8. The lowest BCUT2D eigenvalue weighted by Crippen LogP contribution is -2.53. The fourth-order valence-electron chi connectivity index (χ4n) is 4.31. The van der Waals surface area contributed by atoms with Crippen LogP contribution < -0.4 is 9.62 Å². The van der Waals surface area contributed by atoms with Gasteiger partial charge >= 0.3 is 6.18 Å². The second kappa shape index (κ2) is 14.9. The number of carbonyl (C=O) groups is 2. The summed E-state index contributed by atoms with van der Waals surface area (Å²) < 4.78 is 69.5. The smallest absolute Gasteiger partial charge is 0.352 e. The number of anilines is 1. The van der Waals surface area contributed by atoms with Gasteiger partial charge in [-0.15, -0.1) is 0 Å². The Balaban J connectivity index is 2.17.